The summed E-state index contributed by atoms with van der Waals surface area (Å²) in [5, 5.41) is 3.20. The second-order valence-corrected chi connectivity index (χ2v) is 5.32. The van der Waals surface area contributed by atoms with E-state index in [1.165, 1.54) is 39.5 Å². The molecule has 2 fully saturated rings. The van der Waals surface area contributed by atoms with Crippen LogP contribution < -0.4 is 5.32 Å². The van der Waals surface area contributed by atoms with Crippen molar-refractivity contribution >= 4 is 5.97 Å². The molecule has 1 N–H and O–H groups in total. The first-order valence-electron chi connectivity index (χ1n) is 6.73. The predicted octanol–water partition coefficient (Wildman–Crippen LogP) is 1.16. The summed E-state index contributed by atoms with van der Waals surface area (Å²) in [6.45, 7) is 2.40. The third kappa shape index (κ3) is 2.47. The molecular weight excluding hydrogens is 216 g/mol. The summed E-state index contributed by atoms with van der Waals surface area (Å²) in [7, 11) is 3.35. The third-order valence-corrected chi connectivity index (χ3v) is 4.45. The summed E-state index contributed by atoms with van der Waals surface area (Å²) < 4.78 is 4.94. The van der Waals surface area contributed by atoms with Crippen LogP contribution in [0.3, 0.4) is 0 Å². The van der Waals surface area contributed by atoms with Gasteiger partial charge in [0.25, 0.3) is 0 Å². The normalized spacial score (nSPS) is 34.8. The first-order chi connectivity index (χ1) is 8.22. The molecule has 1 saturated carbocycles. The molecule has 98 valence electrons. The predicted molar refractivity (Wildman–Crippen MR) is 66.9 cm³/mol. The molecule has 4 nitrogen and oxygen atoms in total. The zero-order valence-corrected chi connectivity index (χ0v) is 11.0. The van der Waals surface area contributed by atoms with Crippen LogP contribution in [0.15, 0.2) is 0 Å². The maximum absolute atomic E-state index is 11.9. The number of likely N-dealkylation sites (N-methyl/N-ethyl adjacent to an activating group) is 1. The van der Waals surface area contributed by atoms with Crippen molar-refractivity contribution in [2.75, 3.05) is 27.2 Å². The Morgan fingerprint density at radius 3 is 2.65 bits per heavy atom. The van der Waals surface area contributed by atoms with Gasteiger partial charge in [-0.15, -0.1) is 0 Å². The summed E-state index contributed by atoms with van der Waals surface area (Å²) in [5.74, 6) is -0.0977. The molecule has 1 aliphatic carbocycles. The largest absolute Gasteiger partial charge is 0.468 e. The highest BCUT2D eigenvalue weighted by Gasteiger charge is 2.46. The molecule has 2 unspecified atom stereocenters. The number of hydrogen-bond donors (Lipinski definition) is 1. The number of carbonyl (C=O) groups excluding carboxylic acids is 1. The van der Waals surface area contributed by atoms with Gasteiger partial charge in [-0.25, -0.2) is 0 Å². The highest BCUT2D eigenvalue weighted by molar-refractivity contribution is 5.81. The Bertz CT molecular complexity index is 277. The molecule has 0 aromatic heterocycles. The van der Waals surface area contributed by atoms with Crippen molar-refractivity contribution in [3.63, 3.8) is 0 Å². The van der Waals surface area contributed by atoms with Crippen molar-refractivity contribution in [3.05, 3.63) is 0 Å². The maximum Gasteiger partial charge on any atom is 0.326 e. The minimum Gasteiger partial charge on any atom is -0.468 e. The molecule has 0 amide bonds. The van der Waals surface area contributed by atoms with Gasteiger partial charge >= 0.3 is 5.97 Å². The van der Waals surface area contributed by atoms with E-state index < -0.39 is 5.54 Å². The highest BCUT2D eigenvalue weighted by Crippen LogP contribution is 2.34. The van der Waals surface area contributed by atoms with E-state index in [2.05, 4.69) is 10.2 Å². The Balaban J connectivity index is 1.99. The minimum atomic E-state index is -0.434. The lowest BCUT2D eigenvalue weighted by atomic mass is 9.97. The summed E-state index contributed by atoms with van der Waals surface area (Å²) in [6.07, 6.45) is 6.88. The molecule has 2 rings (SSSR count). The van der Waals surface area contributed by atoms with Gasteiger partial charge in [-0.3, -0.25) is 4.79 Å². The molecule has 1 heterocycles. The quantitative estimate of drug-likeness (QED) is 0.752. The fraction of sp³-hybridized carbons (Fsp3) is 0.923. The monoisotopic (exact) mass is 240 g/mol. The Morgan fingerprint density at radius 2 is 2.06 bits per heavy atom. The number of likely N-dealkylation sites (tertiary alicyclic amines) is 1. The number of ether oxygens (including phenoxy) is 1. The number of nitrogens with zero attached hydrogens (tertiary/aromatic N) is 1. The molecule has 0 bridgehead atoms. The van der Waals surface area contributed by atoms with Gasteiger partial charge in [0.1, 0.15) is 5.54 Å². The highest BCUT2D eigenvalue weighted by atomic mass is 16.5. The van der Waals surface area contributed by atoms with Crippen molar-refractivity contribution in [1.82, 2.24) is 10.2 Å². The number of piperidine rings is 1. The molecule has 1 saturated heterocycles. The molecule has 0 aromatic carbocycles. The van der Waals surface area contributed by atoms with Crippen LogP contribution in [0.2, 0.25) is 0 Å². The fourth-order valence-corrected chi connectivity index (χ4v) is 3.32. The van der Waals surface area contributed by atoms with Crippen molar-refractivity contribution in [2.24, 2.45) is 0 Å². The lowest BCUT2D eigenvalue weighted by Gasteiger charge is -2.33. The van der Waals surface area contributed by atoms with Crippen LogP contribution in [0.4, 0.5) is 0 Å². The number of esters is 1. The van der Waals surface area contributed by atoms with E-state index in [4.69, 9.17) is 4.74 Å². The Labute approximate surface area is 104 Å². The molecule has 4 heteroatoms. The number of hydrogen-bond acceptors (Lipinski definition) is 4. The van der Waals surface area contributed by atoms with E-state index in [1.54, 1.807) is 0 Å². The van der Waals surface area contributed by atoms with E-state index in [9.17, 15) is 4.79 Å². The van der Waals surface area contributed by atoms with Crippen LogP contribution in [-0.2, 0) is 9.53 Å². The van der Waals surface area contributed by atoms with Crippen LogP contribution in [0, 0.1) is 0 Å². The van der Waals surface area contributed by atoms with E-state index in [-0.39, 0.29) is 5.97 Å². The molecule has 0 aromatic rings. The van der Waals surface area contributed by atoms with Gasteiger partial charge in [0.2, 0.25) is 0 Å². The van der Waals surface area contributed by atoms with Gasteiger partial charge in [-0.1, -0.05) is 6.42 Å². The van der Waals surface area contributed by atoms with Gasteiger partial charge in [-0.2, -0.15) is 0 Å². The molecule has 0 spiro atoms. The van der Waals surface area contributed by atoms with Gasteiger partial charge in [0.05, 0.1) is 7.11 Å². The average Bonchev–Trinajstić information content (AvgIpc) is 2.84. The number of methoxy groups -OCH3 is 1. The van der Waals surface area contributed by atoms with Gasteiger partial charge < -0.3 is 15.0 Å². The molecular formula is C13H24N2O2. The SMILES string of the molecule is CNC1(C(=O)OC)CCC(N2CCCCC2)C1. The van der Waals surface area contributed by atoms with Gasteiger partial charge in [0.15, 0.2) is 0 Å². The second-order valence-electron chi connectivity index (χ2n) is 5.32. The zero-order chi connectivity index (χ0) is 12.3. The van der Waals surface area contributed by atoms with Crippen molar-refractivity contribution in [3.8, 4) is 0 Å². The standard InChI is InChI=1S/C13H24N2O2/c1-14-13(12(16)17-2)7-6-11(10-13)15-8-4-3-5-9-15/h11,14H,3-10H2,1-2H3. The van der Waals surface area contributed by atoms with Gasteiger partial charge in [-0.05, 0) is 52.2 Å². The molecule has 17 heavy (non-hydrogen) atoms. The number of rotatable bonds is 3. The van der Waals surface area contributed by atoms with Crippen molar-refractivity contribution in [2.45, 2.75) is 50.1 Å². The van der Waals surface area contributed by atoms with Gasteiger partial charge in [0, 0.05) is 6.04 Å². The lowest BCUT2D eigenvalue weighted by molar-refractivity contribution is -0.148. The molecule has 0 radical (unpaired) electrons. The first kappa shape index (κ1) is 12.8. The smallest absolute Gasteiger partial charge is 0.326 e. The Morgan fingerprint density at radius 1 is 1.35 bits per heavy atom. The second kappa shape index (κ2) is 5.36. The summed E-state index contributed by atoms with van der Waals surface area (Å²) in [4.78, 5) is 14.5. The Kier molecular flexibility index (Phi) is 4.05. The lowest BCUT2D eigenvalue weighted by Crippen LogP contribution is -2.50. The third-order valence-electron chi connectivity index (χ3n) is 4.45. The van der Waals surface area contributed by atoms with Crippen LogP contribution in [0.5, 0.6) is 0 Å². The average molecular weight is 240 g/mol. The topological polar surface area (TPSA) is 41.6 Å². The van der Waals surface area contributed by atoms with Crippen LogP contribution in [0.1, 0.15) is 38.5 Å². The summed E-state index contributed by atoms with van der Waals surface area (Å²) in [6, 6.07) is 0.557. The zero-order valence-electron chi connectivity index (χ0n) is 11.0. The van der Waals surface area contributed by atoms with Crippen LogP contribution in [0.25, 0.3) is 0 Å². The molecule has 2 aliphatic rings. The summed E-state index contributed by atoms with van der Waals surface area (Å²) >= 11 is 0. The minimum absolute atomic E-state index is 0.0977. The fourth-order valence-electron chi connectivity index (χ4n) is 3.32. The summed E-state index contributed by atoms with van der Waals surface area (Å²) in [5.41, 5.74) is -0.434. The van der Waals surface area contributed by atoms with Crippen LogP contribution >= 0.6 is 0 Å². The van der Waals surface area contributed by atoms with E-state index in [1.807, 2.05) is 7.05 Å². The van der Waals surface area contributed by atoms with E-state index in [0.29, 0.717) is 6.04 Å². The molecule has 2 atom stereocenters. The first-order valence-corrected chi connectivity index (χ1v) is 6.73. The molecule has 1 aliphatic heterocycles. The Hall–Kier alpha value is -0.610. The van der Waals surface area contributed by atoms with Crippen molar-refractivity contribution < 1.29 is 9.53 Å². The van der Waals surface area contributed by atoms with Crippen LogP contribution in [-0.4, -0.2) is 49.7 Å². The maximum atomic E-state index is 11.9. The van der Waals surface area contributed by atoms with Crippen molar-refractivity contribution in [1.29, 1.82) is 0 Å². The number of nitrogens with one attached hydrogen (secondary N) is 1. The number of carbonyl (C=O) groups is 1. The van der Waals surface area contributed by atoms with E-state index in [0.717, 1.165) is 19.3 Å². The van der Waals surface area contributed by atoms with E-state index >= 15 is 0 Å².